The van der Waals surface area contributed by atoms with Crippen LogP contribution >= 0.6 is 0 Å². The Bertz CT molecular complexity index is 693. The molecule has 0 aliphatic rings. The van der Waals surface area contributed by atoms with Crippen LogP contribution in [0.4, 0.5) is 4.79 Å². The Morgan fingerprint density at radius 3 is 2.24 bits per heavy atom. The maximum Gasteiger partial charge on any atom is 0.407 e. The van der Waals surface area contributed by atoms with Gasteiger partial charge in [0.1, 0.15) is 11.4 Å². The summed E-state index contributed by atoms with van der Waals surface area (Å²) in [6.07, 6.45) is 3.40. The van der Waals surface area contributed by atoms with E-state index in [-0.39, 0.29) is 24.8 Å². The van der Waals surface area contributed by atoms with Crippen LogP contribution in [0.3, 0.4) is 0 Å². The zero-order chi connectivity index (χ0) is 21.7. The number of benzene rings is 1. The van der Waals surface area contributed by atoms with Crippen LogP contribution in [0.25, 0.3) is 6.08 Å². The van der Waals surface area contributed by atoms with Gasteiger partial charge in [0.15, 0.2) is 0 Å². The van der Waals surface area contributed by atoms with Gasteiger partial charge in [-0.3, -0.25) is 9.59 Å². The molecule has 1 rings (SSSR count). The van der Waals surface area contributed by atoms with Crippen LogP contribution in [0.2, 0.25) is 0 Å². The van der Waals surface area contributed by atoms with Crippen molar-refractivity contribution in [1.29, 1.82) is 0 Å². The Kier molecular flexibility index (Phi) is 10.3. The zero-order valence-electron chi connectivity index (χ0n) is 17.5. The predicted octanol–water partition coefficient (Wildman–Crippen LogP) is 2.25. The summed E-state index contributed by atoms with van der Waals surface area (Å²) in [4.78, 5) is 34.9. The molecular formula is C21H31N3O5. The Hall–Kier alpha value is -3.03. The molecule has 3 N–H and O–H groups in total. The topological polar surface area (TPSA) is 106 Å². The lowest BCUT2D eigenvalue weighted by Crippen LogP contribution is -2.35. The third kappa shape index (κ3) is 12.1. The minimum atomic E-state index is -0.569. The minimum Gasteiger partial charge on any atom is -0.497 e. The lowest BCUT2D eigenvalue weighted by molar-refractivity contribution is -0.120. The standard InChI is InChI=1S/C21H31N3O5/c1-21(2,3)29-20(27)24-15-12-19(26)23-14-5-13-22-18(25)11-8-16-6-9-17(28-4)10-7-16/h6-11H,5,12-15H2,1-4H3,(H,22,25)(H,23,26)(H,24,27)/b11-8+. The van der Waals surface area contributed by atoms with Crippen LogP contribution in [0, 0.1) is 0 Å². The van der Waals surface area contributed by atoms with Gasteiger partial charge in [0.2, 0.25) is 11.8 Å². The van der Waals surface area contributed by atoms with Gasteiger partial charge in [-0.25, -0.2) is 4.79 Å². The molecule has 160 valence electrons. The fraction of sp³-hybridized carbons (Fsp3) is 0.476. The number of hydrogen-bond donors (Lipinski definition) is 3. The smallest absolute Gasteiger partial charge is 0.407 e. The molecule has 0 aromatic heterocycles. The van der Waals surface area contributed by atoms with E-state index < -0.39 is 11.7 Å². The number of ether oxygens (including phenoxy) is 2. The first kappa shape index (κ1) is 24.0. The van der Waals surface area contributed by atoms with Crippen LogP contribution in [-0.2, 0) is 14.3 Å². The van der Waals surface area contributed by atoms with Crippen LogP contribution in [0.1, 0.15) is 39.2 Å². The van der Waals surface area contributed by atoms with Crippen LogP contribution < -0.4 is 20.7 Å². The van der Waals surface area contributed by atoms with Gasteiger partial charge in [-0.15, -0.1) is 0 Å². The molecular weight excluding hydrogens is 374 g/mol. The van der Waals surface area contributed by atoms with Crippen LogP contribution in [-0.4, -0.2) is 50.3 Å². The predicted molar refractivity (Wildman–Crippen MR) is 112 cm³/mol. The average Bonchev–Trinajstić information content (AvgIpc) is 2.65. The number of methoxy groups -OCH3 is 1. The number of alkyl carbamates (subject to hydrolysis) is 1. The molecule has 0 atom stereocenters. The zero-order valence-corrected chi connectivity index (χ0v) is 17.5. The van der Waals surface area contributed by atoms with E-state index in [1.54, 1.807) is 34.0 Å². The fourth-order valence-electron chi connectivity index (χ4n) is 2.15. The van der Waals surface area contributed by atoms with E-state index in [2.05, 4.69) is 16.0 Å². The highest BCUT2D eigenvalue weighted by Gasteiger charge is 2.15. The lowest BCUT2D eigenvalue weighted by Gasteiger charge is -2.19. The Morgan fingerprint density at radius 2 is 1.62 bits per heavy atom. The van der Waals surface area contributed by atoms with Gasteiger partial charge in [-0.1, -0.05) is 12.1 Å². The van der Waals surface area contributed by atoms with Crippen molar-refractivity contribution < 1.29 is 23.9 Å². The quantitative estimate of drug-likeness (QED) is 0.409. The highest BCUT2D eigenvalue weighted by Crippen LogP contribution is 2.12. The fourth-order valence-corrected chi connectivity index (χ4v) is 2.15. The van der Waals surface area contributed by atoms with Crippen molar-refractivity contribution in [2.45, 2.75) is 39.2 Å². The summed E-state index contributed by atoms with van der Waals surface area (Å²) < 4.78 is 10.2. The van der Waals surface area contributed by atoms with Crippen molar-refractivity contribution >= 4 is 24.0 Å². The van der Waals surface area contributed by atoms with Crippen molar-refractivity contribution in [3.8, 4) is 5.75 Å². The minimum absolute atomic E-state index is 0.163. The molecule has 1 aromatic rings. The number of rotatable bonds is 10. The molecule has 0 heterocycles. The van der Waals surface area contributed by atoms with Gasteiger partial charge < -0.3 is 25.4 Å². The van der Waals surface area contributed by atoms with E-state index in [0.29, 0.717) is 19.5 Å². The highest BCUT2D eigenvalue weighted by molar-refractivity contribution is 5.91. The Balaban J connectivity index is 2.10. The Morgan fingerprint density at radius 1 is 0.966 bits per heavy atom. The van der Waals surface area contributed by atoms with E-state index in [9.17, 15) is 14.4 Å². The average molecular weight is 405 g/mol. The number of carbonyl (C=O) groups is 3. The molecule has 3 amide bonds. The summed E-state index contributed by atoms with van der Waals surface area (Å²) in [5.41, 5.74) is 0.328. The van der Waals surface area contributed by atoms with Gasteiger partial charge >= 0.3 is 6.09 Å². The molecule has 1 aromatic carbocycles. The van der Waals surface area contributed by atoms with E-state index in [1.807, 2.05) is 24.3 Å². The second-order valence-electron chi connectivity index (χ2n) is 7.28. The molecule has 0 saturated carbocycles. The van der Waals surface area contributed by atoms with E-state index in [4.69, 9.17) is 9.47 Å². The highest BCUT2D eigenvalue weighted by atomic mass is 16.6. The first-order valence-corrected chi connectivity index (χ1v) is 9.53. The first-order chi connectivity index (χ1) is 13.7. The molecule has 29 heavy (non-hydrogen) atoms. The number of hydrogen-bond acceptors (Lipinski definition) is 5. The van der Waals surface area contributed by atoms with Gasteiger partial charge in [0.25, 0.3) is 0 Å². The van der Waals surface area contributed by atoms with Gasteiger partial charge in [0.05, 0.1) is 7.11 Å². The SMILES string of the molecule is COc1ccc(/C=C/C(=O)NCCCNC(=O)CCNC(=O)OC(C)(C)C)cc1. The summed E-state index contributed by atoms with van der Waals surface area (Å²) >= 11 is 0. The number of carbonyl (C=O) groups excluding carboxylic acids is 3. The molecule has 0 unspecified atom stereocenters. The van der Waals surface area contributed by atoms with Crippen molar-refractivity contribution in [2.75, 3.05) is 26.7 Å². The van der Waals surface area contributed by atoms with Crippen LogP contribution in [0.5, 0.6) is 5.75 Å². The molecule has 0 aliphatic carbocycles. The second kappa shape index (κ2) is 12.4. The van der Waals surface area contributed by atoms with Crippen molar-refractivity contribution in [3.05, 3.63) is 35.9 Å². The van der Waals surface area contributed by atoms with Gasteiger partial charge in [0, 0.05) is 32.1 Å². The third-order valence-electron chi connectivity index (χ3n) is 3.54. The van der Waals surface area contributed by atoms with Crippen LogP contribution in [0.15, 0.2) is 30.3 Å². The molecule has 0 bridgehead atoms. The number of amides is 3. The van der Waals surface area contributed by atoms with E-state index >= 15 is 0 Å². The summed E-state index contributed by atoms with van der Waals surface area (Å²) in [5, 5.41) is 8.02. The van der Waals surface area contributed by atoms with Gasteiger partial charge in [-0.2, -0.15) is 0 Å². The molecule has 0 radical (unpaired) electrons. The second-order valence-corrected chi connectivity index (χ2v) is 7.28. The van der Waals surface area contributed by atoms with E-state index in [1.165, 1.54) is 6.08 Å². The summed E-state index contributed by atoms with van der Waals surface area (Å²) in [5.74, 6) is 0.384. The lowest BCUT2D eigenvalue weighted by atomic mass is 10.2. The molecule has 0 saturated heterocycles. The van der Waals surface area contributed by atoms with Crippen molar-refractivity contribution in [3.63, 3.8) is 0 Å². The molecule has 8 heteroatoms. The first-order valence-electron chi connectivity index (χ1n) is 9.53. The monoisotopic (exact) mass is 405 g/mol. The van der Waals surface area contributed by atoms with Crippen molar-refractivity contribution in [1.82, 2.24) is 16.0 Å². The summed E-state index contributed by atoms with van der Waals surface area (Å²) in [7, 11) is 1.60. The molecule has 0 fully saturated rings. The normalized spacial score (nSPS) is 11.0. The van der Waals surface area contributed by atoms with Gasteiger partial charge in [-0.05, 0) is 51.0 Å². The number of nitrogens with one attached hydrogen (secondary N) is 3. The summed E-state index contributed by atoms with van der Waals surface area (Å²) in [6.45, 7) is 6.40. The maximum absolute atomic E-state index is 11.8. The maximum atomic E-state index is 11.8. The van der Waals surface area contributed by atoms with Crippen molar-refractivity contribution in [2.24, 2.45) is 0 Å². The summed E-state index contributed by atoms with van der Waals surface area (Å²) in [6, 6.07) is 7.36. The third-order valence-corrected chi connectivity index (χ3v) is 3.54. The molecule has 0 spiro atoms. The molecule has 8 nitrogen and oxygen atoms in total. The largest absolute Gasteiger partial charge is 0.497 e. The Labute approximate surface area is 172 Å². The molecule has 0 aliphatic heterocycles. The van der Waals surface area contributed by atoms with E-state index in [0.717, 1.165) is 11.3 Å².